The maximum Gasteiger partial charge on any atom is 0.263 e. The summed E-state index contributed by atoms with van der Waals surface area (Å²) in [4.78, 5) is 91.3. The van der Waals surface area contributed by atoms with Gasteiger partial charge in [-0.1, -0.05) is 59.1 Å². The predicted molar refractivity (Wildman–Crippen MR) is 533 cm³/mol. The summed E-state index contributed by atoms with van der Waals surface area (Å²) >= 11 is 22.6. The fourth-order valence-electron chi connectivity index (χ4n) is 16.0. The largest absolute Gasteiger partial charge is 0.371 e. The quantitative estimate of drug-likeness (QED) is 0.0309. The van der Waals surface area contributed by atoms with Gasteiger partial charge in [-0.3, -0.25) is 42.9 Å². The molecule has 14 aromatic rings. The number of nitriles is 1. The molecule has 6 aromatic heterocycles. The zero-order valence-electron chi connectivity index (χ0n) is 70.8. The predicted octanol–water partition coefficient (Wildman–Crippen LogP) is 15.7. The molecule has 45 heteroatoms. The number of sulfonamides is 4. The maximum atomic E-state index is 14.3. The zero-order valence-corrected chi connectivity index (χ0v) is 79.6. The van der Waals surface area contributed by atoms with Crippen LogP contribution in [0.2, 0.25) is 15.1 Å². The number of hydrogen-bond acceptors (Lipinski definition) is 26. The third-order valence-corrected chi connectivity index (χ3v) is 32.1. The Labute approximate surface area is 811 Å². The summed E-state index contributed by atoms with van der Waals surface area (Å²) in [5.74, 6) is -1.01. The van der Waals surface area contributed by atoms with Crippen LogP contribution in [0.1, 0.15) is 58.9 Å². The Balaban J connectivity index is 0.000000207. The van der Waals surface area contributed by atoms with Gasteiger partial charge in [-0.2, -0.15) is 9.64 Å². The van der Waals surface area contributed by atoms with E-state index in [0.717, 1.165) is 76.2 Å². The summed E-state index contributed by atoms with van der Waals surface area (Å²) in [6, 6.07) is 52.3. The van der Waals surface area contributed by atoms with E-state index >= 15 is 0 Å². The normalized spacial score (nSPS) is 15.6. The number of amides is 5. The molecule has 4 fully saturated rings. The number of carbonyl (C=O) groups is 5. The van der Waals surface area contributed by atoms with E-state index in [9.17, 15) is 62.0 Å². The first-order valence-corrected chi connectivity index (χ1v) is 52.1. The van der Waals surface area contributed by atoms with Crippen molar-refractivity contribution in [2.24, 2.45) is 0 Å². The van der Waals surface area contributed by atoms with E-state index in [0.29, 0.717) is 102 Å². The van der Waals surface area contributed by atoms with Crippen LogP contribution in [-0.2, 0) is 83.5 Å². The van der Waals surface area contributed by atoms with Crippen molar-refractivity contribution < 1.29 is 72.0 Å². The lowest BCUT2D eigenvalue weighted by Gasteiger charge is -2.41. The number of thiazole rings is 3. The average Bonchev–Trinajstić information content (AvgIpc) is 1.61. The summed E-state index contributed by atoms with van der Waals surface area (Å²) in [5.41, 5.74) is 7.45. The minimum Gasteiger partial charge on any atom is -0.371 e. The lowest BCUT2D eigenvalue weighted by molar-refractivity contribution is -0.139. The number of benzene rings is 8. The number of para-hydroxylation sites is 1. The van der Waals surface area contributed by atoms with E-state index in [-0.39, 0.29) is 105 Å². The first kappa shape index (κ1) is 94.5. The fourth-order valence-corrected chi connectivity index (χ4v) is 23.6. The lowest BCUT2D eigenvalue weighted by atomic mass is 10.0. The molecule has 706 valence electrons. The molecule has 2 atom stereocenters. The highest BCUT2D eigenvalue weighted by atomic mass is 35.5. The summed E-state index contributed by atoms with van der Waals surface area (Å²) in [6.45, 7) is 6.49. The highest BCUT2D eigenvalue weighted by Crippen LogP contribution is 2.39. The number of halogens is 4. The van der Waals surface area contributed by atoms with E-state index in [4.69, 9.17) is 40.1 Å². The highest BCUT2D eigenvalue weighted by molar-refractivity contribution is 7.94. The van der Waals surface area contributed by atoms with E-state index in [2.05, 4.69) is 69.7 Å². The Morgan fingerprint density at radius 1 is 0.552 bits per heavy atom. The Morgan fingerprint density at radius 2 is 1.10 bits per heavy atom. The number of nitrogens with zero attached hydrogens (tertiary/aromatic N) is 14. The molecule has 1 unspecified atom stereocenters. The van der Waals surface area contributed by atoms with E-state index in [1.54, 1.807) is 142 Å². The number of piperidine rings is 1. The lowest BCUT2D eigenvalue weighted by Crippen LogP contribution is -2.59. The number of carbonyl (C=O) groups excluding carboxylic acids is 5. The number of nitrogens with one attached hydrogen (secondary N) is 6. The van der Waals surface area contributed by atoms with E-state index in [1.807, 2.05) is 75.0 Å². The second kappa shape index (κ2) is 41.0. The van der Waals surface area contributed by atoms with E-state index < -0.39 is 58.0 Å². The Hall–Kier alpha value is -12.7. The topological polar surface area (TPSA) is 412 Å². The summed E-state index contributed by atoms with van der Waals surface area (Å²) in [7, 11) is -14.9. The van der Waals surface area contributed by atoms with Crippen LogP contribution in [0.25, 0.3) is 21.8 Å². The molecule has 19 rings (SSSR count). The monoisotopic (exact) mass is 2030 g/mol. The van der Waals surface area contributed by atoms with Crippen LogP contribution in [0.3, 0.4) is 0 Å². The first-order chi connectivity index (χ1) is 64.4. The van der Waals surface area contributed by atoms with Gasteiger partial charge in [0, 0.05) is 182 Å². The van der Waals surface area contributed by atoms with Gasteiger partial charge in [0.15, 0.2) is 15.4 Å². The molecule has 11 heterocycles. The third-order valence-electron chi connectivity index (χ3n) is 22.7. The Bertz CT molecular complexity index is 7190. The Morgan fingerprint density at radius 3 is 1.64 bits per heavy atom. The molecule has 5 aliphatic heterocycles. The van der Waals surface area contributed by atoms with E-state index in [1.165, 1.54) is 88.0 Å². The molecule has 0 aliphatic carbocycles. The molecule has 8 aromatic carbocycles. The molecular formula is C89H96Cl3FN20O13S8. The number of fused-ring (bicyclic) bond motifs is 3. The van der Waals surface area contributed by atoms with Gasteiger partial charge in [-0.15, -0.1) is 34.0 Å². The first-order valence-electron chi connectivity index (χ1n) is 41.6. The third kappa shape index (κ3) is 22.2. The number of rotatable bonds is 25. The minimum atomic E-state index is -3.79. The van der Waals surface area contributed by atoms with Crippen LogP contribution in [-0.4, -0.2) is 179 Å². The smallest absolute Gasteiger partial charge is 0.263 e. The van der Waals surface area contributed by atoms with Gasteiger partial charge in [0.2, 0.25) is 34.7 Å². The van der Waals surface area contributed by atoms with Crippen molar-refractivity contribution in [2.45, 2.75) is 89.3 Å². The number of hydrogen-bond donors (Lipinski definition) is 6. The van der Waals surface area contributed by atoms with Crippen molar-refractivity contribution in [3.05, 3.63) is 273 Å². The van der Waals surface area contributed by atoms with Gasteiger partial charge < -0.3 is 49.2 Å². The molecular weight excluding hydrogens is 1940 g/mol. The van der Waals surface area contributed by atoms with Crippen molar-refractivity contribution in [3.63, 3.8) is 0 Å². The standard InChI is InChI=1S/C25H22N6O4S2.C23H23ClN6O3S2.C21H18ClFN4O3S2.C20H19ClN4O3S2.7H2/c1-17(30-10-8-19-14-18(15-26)2-7-22(19)30)24(33)29-11-12-31(23(32)16-29)20-3-5-21(6-4-20)37(34,35)28-25-27-9-13-36-25;24-20-3-1-2-16-8-11-30(22(16)20)14-21(31)27-17-9-12-29(13-10-17)18-4-6-19(7-5-18)35(32,33)28-23-25-15-26-34-23;22-16-5-6-17-15(19(16)23)7-10-27(17)18-8-11-26(20(18)28)13-1-3-14(4-2-13)32(29,30)25-21-24-9-12-31-21;21-15-3-1-14(2-4-15)11-19(26)23-16-12-25(13-16)17-5-7-18(8-6-17)30(27,28)24-20-22-9-10-29-20;;;;;;;/h2-10,13-14,17H,11-12,16H2,1H3,(H,27,28);1-8,11,15,17H,9-10,12-14H2,(H,27,31)(H,25,26,28);1-6,9,12,18H,7-8,10-11H2,(H,24,25);1-10,16H,11-13H2,(H,22,24)(H,23,26);7*1H/t;;18-;;;;;;;;/m..0......../s1. The molecule has 134 heavy (non-hydrogen) atoms. The minimum absolute atomic E-state index is 0. The molecule has 0 radical (unpaired) electrons. The second-order valence-electron chi connectivity index (χ2n) is 31.3. The molecule has 5 aliphatic rings. The van der Waals surface area contributed by atoms with Crippen molar-refractivity contribution in [3.8, 4) is 6.07 Å². The van der Waals surface area contributed by atoms with Gasteiger partial charge in [0.1, 0.15) is 37.3 Å². The molecule has 33 nitrogen and oxygen atoms in total. The van der Waals surface area contributed by atoms with Crippen LogP contribution in [0, 0.1) is 17.1 Å². The number of anilines is 9. The summed E-state index contributed by atoms with van der Waals surface area (Å²) in [6.07, 6.45) is 12.6. The van der Waals surface area contributed by atoms with Crippen molar-refractivity contribution in [2.75, 3.05) is 102 Å². The van der Waals surface area contributed by atoms with Crippen molar-refractivity contribution in [1.82, 2.24) is 49.0 Å². The summed E-state index contributed by atoms with van der Waals surface area (Å²) in [5, 5.41) is 24.7. The molecule has 0 spiro atoms. The molecule has 6 N–H and O–H groups in total. The van der Waals surface area contributed by atoms with Crippen LogP contribution < -0.4 is 54.0 Å². The SMILES string of the molecule is CC(C(=O)N1CCN(c2ccc(S(=O)(=O)Nc3nccs3)cc2)C(=O)C1)n1ccc2cc(C#N)ccc21.O=C(Cc1ccc(Cl)cc1)NC1CN(c2ccc(S(=O)(=O)Nc3nccs3)cc2)C1.O=C(Cn1ccc2cccc(Cl)c21)NC1CCN(c2ccc(S(=O)(=O)Nc3ncns3)cc2)CC1.O=C1[C@@H](N2CCc3c2ccc(Cl)c3F)CCN1c1ccc(S(=O)(=O)Nc2nccs2)cc1.[HH].[HH].[HH].[HH].[HH].[HH].[HH]. The van der Waals surface area contributed by atoms with Crippen molar-refractivity contribution >= 4 is 221 Å². The van der Waals surface area contributed by atoms with Gasteiger partial charge in [0.25, 0.3) is 40.1 Å². The Kier molecular flexibility index (Phi) is 28.9. The zero-order chi connectivity index (χ0) is 94.2. The van der Waals surface area contributed by atoms with Gasteiger partial charge >= 0.3 is 0 Å². The number of piperazine rings is 1. The second-order valence-corrected chi connectivity index (χ2v) is 42.7. The van der Waals surface area contributed by atoms with Crippen molar-refractivity contribution in [1.29, 1.82) is 5.26 Å². The van der Waals surface area contributed by atoms with Crippen LogP contribution in [0.5, 0.6) is 0 Å². The highest BCUT2D eigenvalue weighted by Gasteiger charge is 2.41. The fraction of sp³-hybridized carbons (Fsp3) is 0.225. The van der Waals surface area contributed by atoms with Gasteiger partial charge in [-0.05, 0) is 196 Å². The van der Waals surface area contributed by atoms with Crippen LogP contribution in [0.4, 0.5) is 53.4 Å². The maximum absolute atomic E-state index is 14.3. The molecule has 4 saturated heterocycles. The molecule has 0 bridgehead atoms. The molecule has 0 saturated carbocycles. The van der Waals surface area contributed by atoms with Crippen LogP contribution in [0.15, 0.2) is 255 Å². The van der Waals surface area contributed by atoms with Gasteiger partial charge in [0.05, 0.1) is 59.2 Å². The average molecular weight is 2040 g/mol. The number of aromatic nitrogens is 7. The molecule has 5 amide bonds. The van der Waals surface area contributed by atoms with Crippen LogP contribution >= 0.6 is 80.3 Å². The van der Waals surface area contributed by atoms with Gasteiger partial charge in [-0.25, -0.2) is 58.0 Å². The summed E-state index contributed by atoms with van der Waals surface area (Å²) < 4.78 is 132.